The van der Waals surface area contributed by atoms with Crippen LogP contribution in [0.3, 0.4) is 0 Å². The number of anilines is 1. The number of aromatic nitrogens is 2. The molecular weight excluding hydrogens is 386 g/mol. The van der Waals surface area contributed by atoms with Crippen molar-refractivity contribution in [2.45, 2.75) is 26.7 Å². The fourth-order valence-corrected chi connectivity index (χ4v) is 4.76. The lowest BCUT2D eigenvalue weighted by molar-refractivity contribution is 0.190. The highest BCUT2D eigenvalue weighted by Gasteiger charge is 2.28. The van der Waals surface area contributed by atoms with Gasteiger partial charge in [-0.1, -0.05) is 29.8 Å². The molecule has 0 amide bonds. The summed E-state index contributed by atoms with van der Waals surface area (Å²) in [6.45, 7) is 9.77. The number of hydrogen-bond acceptors (Lipinski definition) is 6. The topological polar surface area (TPSA) is 53.9 Å². The van der Waals surface area contributed by atoms with E-state index in [0.717, 1.165) is 81.0 Å². The zero-order chi connectivity index (χ0) is 21.4. The Balaban J connectivity index is 1.66. The first kappa shape index (κ1) is 20.3. The van der Waals surface area contributed by atoms with Crippen molar-refractivity contribution in [3.05, 3.63) is 52.5 Å². The maximum absolute atomic E-state index is 5.73. The number of aryl methyl sites for hydroxylation is 2. The van der Waals surface area contributed by atoms with Gasteiger partial charge in [0, 0.05) is 45.1 Å². The molecule has 3 aliphatic heterocycles. The summed E-state index contributed by atoms with van der Waals surface area (Å²) < 4.78 is 5.73. The van der Waals surface area contributed by atoms with Crippen LogP contribution in [0.5, 0.6) is 0 Å². The standard InChI is InChI=1S/C25H31N5O/c1-17-6-4-5-7-21(17)22-14-20(19-8-13-31-16-19)15-23-24(28-22)25(27-18(2)26-23)30-11-9-29(3)10-12-30/h4-7,15,19H,8-14,16H2,1-3H3/t19-/m1/s1. The molecule has 1 aromatic heterocycles. The number of rotatable bonds is 3. The van der Waals surface area contributed by atoms with Crippen molar-refractivity contribution < 1.29 is 4.74 Å². The second kappa shape index (κ2) is 8.52. The Morgan fingerprint density at radius 1 is 1.03 bits per heavy atom. The minimum atomic E-state index is 0.433. The molecule has 31 heavy (non-hydrogen) atoms. The number of likely N-dealkylation sites (N-methyl/N-ethyl adjacent to an activating group) is 1. The van der Waals surface area contributed by atoms with Crippen molar-refractivity contribution in [2.75, 3.05) is 51.3 Å². The number of aliphatic imine (C=N–C) groups is 1. The number of benzene rings is 1. The summed E-state index contributed by atoms with van der Waals surface area (Å²) in [4.78, 5) is 19.7. The van der Waals surface area contributed by atoms with Gasteiger partial charge in [0.25, 0.3) is 0 Å². The molecule has 2 saturated heterocycles. The maximum atomic E-state index is 5.73. The van der Waals surface area contributed by atoms with Gasteiger partial charge in [-0.15, -0.1) is 0 Å². The predicted molar refractivity (Wildman–Crippen MR) is 125 cm³/mol. The molecule has 2 aromatic rings. The monoisotopic (exact) mass is 417 g/mol. The molecule has 1 atom stereocenters. The van der Waals surface area contributed by atoms with Crippen molar-refractivity contribution in [3.63, 3.8) is 0 Å². The van der Waals surface area contributed by atoms with Crippen LogP contribution in [0.1, 0.15) is 35.5 Å². The number of nitrogens with zero attached hydrogens (tertiary/aromatic N) is 5. The van der Waals surface area contributed by atoms with E-state index in [-0.39, 0.29) is 0 Å². The third-order valence-corrected chi connectivity index (χ3v) is 6.66. The van der Waals surface area contributed by atoms with E-state index < -0.39 is 0 Å². The normalized spacial score (nSPS) is 22.0. The Hall–Kier alpha value is -2.57. The lowest BCUT2D eigenvalue weighted by atomic mass is 9.90. The summed E-state index contributed by atoms with van der Waals surface area (Å²) in [5, 5.41) is 0. The van der Waals surface area contributed by atoms with E-state index in [1.165, 1.54) is 16.7 Å². The van der Waals surface area contributed by atoms with Crippen LogP contribution in [-0.4, -0.2) is 67.0 Å². The first-order valence-electron chi connectivity index (χ1n) is 11.3. The number of hydrogen-bond donors (Lipinski definition) is 0. The molecule has 0 spiro atoms. The van der Waals surface area contributed by atoms with E-state index in [0.29, 0.717) is 5.92 Å². The average molecular weight is 418 g/mol. The van der Waals surface area contributed by atoms with Crippen molar-refractivity contribution in [1.82, 2.24) is 14.9 Å². The summed E-state index contributed by atoms with van der Waals surface area (Å²) in [5.74, 6) is 2.21. The van der Waals surface area contributed by atoms with Gasteiger partial charge in [-0.2, -0.15) is 0 Å². The highest BCUT2D eigenvalue weighted by atomic mass is 16.5. The summed E-state index contributed by atoms with van der Waals surface area (Å²) in [5.41, 5.74) is 6.82. The van der Waals surface area contributed by atoms with Gasteiger partial charge in [-0.25, -0.2) is 15.0 Å². The largest absolute Gasteiger partial charge is 0.381 e. The van der Waals surface area contributed by atoms with Gasteiger partial charge in [0.15, 0.2) is 5.82 Å². The quantitative estimate of drug-likeness (QED) is 0.761. The molecular formula is C25H31N5O. The minimum absolute atomic E-state index is 0.433. The van der Waals surface area contributed by atoms with Gasteiger partial charge >= 0.3 is 0 Å². The molecule has 1 aromatic carbocycles. The van der Waals surface area contributed by atoms with Crippen LogP contribution in [-0.2, 0) is 4.74 Å². The van der Waals surface area contributed by atoms with Gasteiger partial charge in [-0.05, 0) is 44.5 Å². The van der Waals surface area contributed by atoms with Gasteiger partial charge in [-0.3, -0.25) is 0 Å². The molecule has 6 heteroatoms. The Morgan fingerprint density at radius 2 is 1.84 bits per heavy atom. The zero-order valence-electron chi connectivity index (χ0n) is 18.8. The first-order chi connectivity index (χ1) is 15.1. The first-order valence-corrected chi connectivity index (χ1v) is 11.3. The van der Waals surface area contributed by atoms with Gasteiger partial charge in [0.1, 0.15) is 11.5 Å². The van der Waals surface area contributed by atoms with E-state index in [1.807, 2.05) is 6.92 Å². The molecule has 0 radical (unpaired) electrons. The fourth-order valence-electron chi connectivity index (χ4n) is 4.76. The number of ether oxygens (including phenoxy) is 1. The lowest BCUT2D eigenvalue weighted by Gasteiger charge is -2.34. The second-order valence-corrected chi connectivity index (χ2v) is 8.95. The minimum Gasteiger partial charge on any atom is -0.381 e. The third kappa shape index (κ3) is 4.14. The van der Waals surface area contributed by atoms with Crippen LogP contribution in [0, 0.1) is 19.8 Å². The van der Waals surface area contributed by atoms with Crippen LogP contribution >= 0.6 is 0 Å². The molecule has 0 aliphatic carbocycles. The lowest BCUT2D eigenvalue weighted by Crippen LogP contribution is -2.45. The molecule has 0 saturated carbocycles. The smallest absolute Gasteiger partial charge is 0.159 e. The van der Waals surface area contributed by atoms with Crippen LogP contribution < -0.4 is 4.90 Å². The SMILES string of the molecule is Cc1nc2c(c(N3CCN(C)CC3)n1)N=C(c1ccccc1C)CC([C@@H]1CCOC1)=C2. The van der Waals surface area contributed by atoms with Crippen LogP contribution in [0.2, 0.25) is 0 Å². The summed E-state index contributed by atoms with van der Waals surface area (Å²) in [6, 6.07) is 8.55. The van der Waals surface area contributed by atoms with Crippen molar-refractivity contribution >= 4 is 23.3 Å². The molecule has 0 N–H and O–H groups in total. The molecule has 5 rings (SSSR count). The molecule has 2 fully saturated rings. The van der Waals surface area contributed by atoms with Gasteiger partial charge in [0.05, 0.1) is 18.0 Å². The Kier molecular flexibility index (Phi) is 5.59. The van der Waals surface area contributed by atoms with E-state index in [1.54, 1.807) is 0 Å². The summed E-state index contributed by atoms with van der Waals surface area (Å²) in [7, 11) is 2.18. The molecule has 4 heterocycles. The predicted octanol–water partition coefficient (Wildman–Crippen LogP) is 3.79. The zero-order valence-corrected chi connectivity index (χ0v) is 18.8. The molecule has 0 unspecified atom stereocenters. The molecule has 162 valence electrons. The van der Waals surface area contributed by atoms with Crippen LogP contribution in [0.15, 0.2) is 34.8 Å². The number of fused-ring (bicyclic) bond motifs is 1. The van der Waals surface area contributed by atoms with Crippen molar-refractivity contribution in [3.8, 4) is 0 Å². The Morgan fingerprint density at radius 3 is 2.58 bits per heavy atom. The summed E-state index contributed by atoms with van der Waals surface area (Å²) in [6.07, 6.45) is 4.17. The summed E-state index contributed by atoms with van der Waals surface area (Å²) >= 11 is 0. The van der Waals surface area contributed by atoms with E-state index >= 15 is 0 Å². The second-order valence-electron chi connectivity index (χ2n) is 8.95. The highest BCUT2D eigenvalue weighted by molar-refractivity contribution is 6.06. The van der Waals surface area contributed by atoms with E-state index in [9.17, 15) is 0 Å². The molecule has 6 nitrogen and oxygen atoms in total. The average Bonchev–Trinajstić information content (AvgIpc) is 3.23. The highest BCUT2D eigenvalue weighted by Crippen LogP contribution is 2.38. The van der Waals surface area contributed by atoms with Crippen LogP contribution in [0.25, 0.3) is 6.08 Å². The van der Waals surface area contributed by atoms with E-state index in [4.69, 9.17) is 19.7 Å². The van der Waals surface area contributed by atoms with Gasteiger partial charge in [0.2, 0.25) is 0 Å². The Labute approximate surface area is 184 Å². The van der Waals surface area contributed by atoms with Crippen LogP contribution in [0.4, 0.5) is 11.5 Å². The fraction of sp³-hybridized carbons (Fsp3) is 0.480. The third-order valence-electron chi connectivity index (χ3n) is 6.66. The molecule has 3 aliphatic rings. The van der Waals surface area contributed by atoms with Gasteiger partial charge < -0.3 is 14.5 Å². The maximum Gasteiger partial charge on any atom is 0.159 e. The Bertz CT molecular complexity index is 1030. The van der Waals surface area contributed by atoms with E-state index in [2.05, 4.69) is 54.1 Å². The van der Waals surface area contributed by atoms with Crippen molar-refractivity contribution in [1.29, 1.82) is 0 Å². The van der Waals surface area contributed by atoms with Crippen molar-refractivity contribution in [2.24, 2.45) is 10.9 Å². The number of piperazine rings is 1. The molecule has 0 bridgehead atoms.